The number of methoxy groups -OCH3 is 2. The van der Waals surface area contributed by atoms with Gasteiger partial charge in [-0.2, -0.15) is 0 Å². The van der Waals surface area contributed by atoms with Crippen LogP contribution in [0.2, 0.25) is 0 Å². The number of fused-ring (bicyclic) bond motifs is 2. The van der Waals surface area contributed by atoms with Gasteiger partial charge >= 0.3 is 5.97 Å². The maximum atomic E-state index is 12.2. The molecule has 0 saturated carbocycles. The lowest BCUT2D eigenvalue weighted by Crippen LogP contribution is -2.00. The molecule has 0 unspecified atom stereocenters. The van der Waals surface area contributed by atoms with Crippen molar-refractivity contribution in [2.45, 2.75) is 6.42 Å². The number of hydrogen-bond acceptors (Lipinski definition) is 3. The lowest BCUT2D eigenvalue weighted by molar-refractivity contribution is 0.0601. The van der Waals surface area contributed by atoms with Crippen LogP contribution in [0.1, 0.15) is 21.6 Å². The van der Waals surface area contributed by atoms with E-state index in [2.05, 4.69) is 53.5 Å². The summed E-state index contributed by atoms with van der Waals surface area (Å²) in [6.07, 6.45) is 0.763. The first-order chi connectivity index (χ1) is 15.7. The number of ether oxygens (including phenoxy) is 2. The number of nitrogens with one attached hydrogen (secondary N) is 1. The van der Waals surface area contributed by atoms with Crippen LogP contribution in [0.4, 0.5) is 0 Å². The van der Waals surface area contributed by atoms with Crippen LogP contribution in [0.5, 0.6) is 5.75 Å². The van der Waals surface area contributed by atoms with Crippen LogP contribution in [0.15, 0.2) is 84.9 Å². The number of carbonyl (C=O) groups excluding carboxylic acids is 1. The molecular formula is C28H23NO3. The summed E-state index contributed by atoms with van der Waals surface area (Å²) in [7, 11) is 3.08. The molecule has 1 N–H and O–H groups in total. The normalized spacial score (nSPS) is 11.1. The third-order valence-electron chi connectivity index (χ3n) is 5.86. The number of aromatic amines is 1. The second-order valence-corrected chi connectivity index (χ2v) is 7.82. The van der Waals surface area contributed by atoms with Gasteiger partial charge in [0, 0.05) is 28.6 Å². The Bertz CT molecular complexity index is 1430. The molecule has 4 nitrogen and oxygen atoms in total. The minimum atomic E-state index is -0.339. The summed E-state index contributed by atoms with van der Waals surface area (Å²) in [4.78, 5) is 15.8. The van der Waals surface area contributed by atoms with Gasteiger partial charge in [-0.3, -0.25) is 0 Å². The predicted molar refractivity (Wildman–Crippen MR) is 128 cm³/mol. The van der Waals surface area contributed by atoms with Crippen LogP contribution in [0, 0.1) is 0 Å². The van der Waals surface area contributed by atoms with Gasteiger partial charge in [-0.25, -0.2) is 4.79 Å². The van der Waals surface area contributed by atoms with Gasteiger partial charge in [-0.15, -0.1) is 0 Å². The van der Waals surface area contributed by atoms with Crippen LogP contribution in [-0.4, -0.2) is 25.2 Å². The molecule has 0 amide bonds. The fraction of sp³-hybridized carbons (Fsp3) is 0.107. The molecule has 0 spiro atoms. The first-order valence-corrected chi connectivity index (χ1v) is 10.5. The average Bonchev–Trinajstić information content (AvgIpc) is 3.20. The first kappa shape index (κ1) is 19.9. The van der Waals surface area contributed by atoms with Crippen molar-refractivity contribution in [1.29, 1.82) is 0 Å². The smallest absolute Gasteiger partial charge is 0.337 e. The Hall–Kier alpha value is -4.05. The number of esters is 1. The molecule has 1 heterocycles. The number of aromatic nitrogens is 1. The van der Waals surface area contributed by atoms with E-state index in [-0.39, 0.29) is 5.97 Å². The highest BCUT2D eigenvalue weighted by atomic mass is 16.5. The SMILES string of the molecule is COC(=O)c1ccc2[nH]c(Cc3ccccc3)c(-c3ccc4cc(OC)ccc4c3)c2c1. The molecule has 158 valence electrons. The van der Waals surface area contributed by atoms with Crippen molar-refractivity contribution in [2.75, 3.05) is 14.2 Å². The number of rotatable bonds is 5. The second-order valence-electron chi connectivity index (χ2n) is 7.82. The standard InChI is InChI=1S/C28H23NO3/c1-31-23-12-10-19-15-21(9-8-20(19)16-23)27-24-17-22(28(30)32-2)11-13-25(24)29-26(27)14-18-6-4-3-5-7-18/h3-13,15-17,29H,14H2,1-2H3. The molecule has 5 aromatic rings. The van der Waals surface area contributed by atoms with Gasteiger partial charge < -0.3 is 14.5 Å². The van der Waals surface area contributed by atoms with E-state index >= 15 is 0 Å². The minimum Gasteiger partial charge on any atom is -0.497 e. The molecule has 4 heteroatoms. The third-order valence-corrected chi connectivity index (χ3v) is 5.86. The summed E-state index contributed by atoms with van der Waals surface area (Å²) >= 11 is 0. The fourth-order valence-corrected chi connectivity index (χ4v) is 4.26. The number of carbonyl (C=O) groups is 1. The Balaban J connectivity index is 1.71. The van der Waals surface area contributed by atoms with Gasteiger partial charge in [-0.1, -0.05) is 48.5 Å². The van der Waals surface area contributed by atoms with E-state index in [4.69, 9.17) is 9.47 Å². The molecule has 0 atom stereocenters. The highest BCUT2D eigenvalue weighted by molar-refractivity contribution is 6.03. The number of H-pyrrole nitrogens is 1. The molecule has 0 fully saturated rings. The Morgan fingerprint density at radius 2 is 1.62 bits per heavy atom. The monoisotopic (exact) mass is 421 g/mol. The Kier molecular flexibility index (Phi) is 5.12. The largest absolute Gasteiger partial charge is 0.497 e. The molecule has 0 aliphatic heterocycles. The second kappa shape index (κ2) is 8.23. The zero-order valence-corrected chi connectivity index (χ0v) is 18.0. The van der Waals surface area contributed by atoms with E-state index in [1.165, 1.54) is 12.7 Å². The maximum Gasteiger partial charge on any atom is 0.337 e. The van der Waals surface area contributed by atoms with Crippen molar-refractivity contribution < 1.29 is 14.3 Å². The summed E-state index contributed by atoms with van der Waals surface area (Å²) in [6, 6.07) is 28.6. The molecule has 5 rings (SSSR count). The molecule has 0 radical (unpaired) electrons. The quantitative estimate of drug-likeness (QED) is 0.335. The fourth-order valence-electron chi connectivity index (χ4n) is 4.26. The van der Waals surface area contributed by atoms with E-state index in [9.17, 15) is 4.79 Å². The highest BCUT2D eigenvalue weighted by Gasteiger charge is 2.17. The Morgan fingerprint density at radius 3 is 2.41 bits per heavy atom. The van der Waals surface area contributed by atoms with Gasteiger partial charge in [0.15, 0.2) is 0 Å². The lowest BCUT2D eigenvalue weighted by atomic mass is 9.95. The van der Waals surface area contributed by atoms with Crippen molar-refractivity contribution in [3.63, 3.8) is 0 Å². The molecule has 4 aromatic carbocycles. The summed E-state index contributed by atoms with van der Waals surface area (Å²) in [5.41, 5.74) is 6.07. The van der Waals surface area contributed by atoms with Crippen molar-refractivity contribution in [3.8, 4) is 16.9 Å². The van der Waals surface area contributed by atoms with Crippen LogP contribution in [0.3, 0.4) is 0 Å². The average molecular weight is 421 g/mol. The molecule has 0 aliphatic carbocycles. The third kappa shape index (κ3) is 3.60. The molecular weight excluding hydrogens is 398 g/mol. The number of benzene rings is 4. The van der Waals surface area contributed by atoms with Crippen molar-refractivity contribution in [3.05, 3.63) is 102 Å². The first-order valence-electron chi connectivity index (χ1n) is 10.5. The van der Waals surface area contributed by atoms with Crippen LogP contribution < -0.4 is 4.74 Å². The topological polar surface area (TPSA) is 51.3 Å². The lowest BCUT2D eigenvalue weighted by Gasteiger charge is -2.09. The van der Waals surface area contributed by atoms with Crippen LogP contribution >= 0.6 is 0 Å². The van der Waals surface area contributed by atoms with E-state index in [1.807, 2.05) is 30.3 Å². The summed E-state index contributed by atoms with van der Waals surface area (Å²) in [5.74, 6) is 0.499. The Labute approximate surface area is 186 Å². The highest BCUT2D eigenvalue weighted by Crippen LogP contribution is 2.36. The summed E-state index contributed by atoms with van der Waals surface area (Å²) < 4.78 is 10.3. The molecule has 0 bridgehead atoms. The van der Waals surface area contributed by atoms with Gasteiger partial charge in [0.05, 0.1) is 19.8 Å². The van der Waals surface area contributed by atoms with Crippen LogP contribution in [-0.2, 0) is 11.2 Å². The zero-order valence-electron chi connectivity index (χ0n) is 18.0. The van der Waals surface area contributed by atoms with Gasteiger partial charge in [0.25, 0.3) is 0 Å². The van der Waals surface area contributed by atoms with E-state index in [0.29, 0.717) is 5.56 Å². The summed E-state index contributed by atoms with van der Waals surface area (Å²) in [6.45, 7) is 0. The zero-order chi connectivity index (χ0) is 22.1. The molecule has 32 heavy (non-hydrogen) atoms. The van der Waals surface area contributed by atoms with Crippen molar-refractivity contribution >= 4 is 27.6 Å². The number of hydrogen-bond donors (Lipinski definition) is 1. The molecule has 0 saturated heterocycles. The van der Waals surface area contributed by atoms with Crippen LogP contribution in [0.25, 0.3) is 32.8 Å². The van der Waals surface area contributed by atoms with Gasteiger partial charge in [0.2, 0.25) is 0 Å². The maximum absolute atomic E-state index is 12.2. The van der Waals surface area contributed by atoms with Crippen molar-refractivity contribution in [2.24, 2.45) is 0 Å². The molecule has 0 aliphatic rings. The minimum absolute atomic E-state index is 0.339. The summed E-state index contributed by atoms with van der Waals surface area (Å²) in [5, 5.41) is 3.26. The van der Waals surface area contributed by atoms with Gasteiger partial charge in [0.1, 0.15) is 5.75 Å². The van der Waals surface area contributed by atoms with E-state index < -0.39 is 0 Å². The van der Waals surface area contributed by atoms with Gasteiger partial charge in [-0.05, 0) is 58.3 Å². The predicted octanol–water partition coefficient (Wildman–Crippen LogP) is 6.37. The molecule has 1 aromatic heterocycles. The van der Waals surface area contributed by atoms with E-state index in [1.54, 1.807) is 13.2 Å². The van der Waals surface area contributed by atoms with E-state index in [0.717, 1.165) is 50.7 Å². The van der Waals surface area contributed by atoms with Crippen molar-refractivity contribution in [1.82, 2.24) is 4.98 Å². The Morgan fingerprint density at radius 1 is 0.844 bits per heavy atom.